The topological polar surface area (TPSA) is 28.7 Å². The first-order valence-corrected chi connectivity index (χ1v) is 6.19. The van der Waals surface area contributed by atoms with Gasteiger partial charge in [-0.25, -0.2) is 4.98 Å². The van der Waals surface area contributed by atoms with Gasteiger partial charge in [-0.2, -0.15) is 11.3 Å². The molecule has 0 unspecified atom stereocenters. The number of aromatic amines is 1. The first-order chi connectivity index (χ1) is 7.20. The van der Waals surface area contributed by atoms with Gasteiger partial charge in [0.2, 0.25) is 0 Å². The standard InChI is InChI=1S/C11H12N2S2/c1-3-8-4-10(14)13-11(12-8)9-6-15-5-7(9)2/h4-6H,3H2,1-2H3,(H,12,13,14). The highest BCUT2D eigenvalue weighted by atomic mass is 32.1. The van der Waals surface area contributed by atoms with E-state index in [2.05, 4.69) is 34.6 Å². The predicted molar refractivity (Wildman–Crippen MR) is 66.8 cm³/mol. The zero-order valence-corrected chi connectivity index (χ0v) is 10.3. The van der Waals surface area contributed by atoms with Gasteiger partial charge in [-0.1, -0.05) is 19.1 Å². The van der Waals surface area contributed by atoms with Gasteiger partial charge >= 0.3 is 0 Å². The molecule has 0 spiro atoms. The van der Waals surface area contributed by atoms with Crippen molar-refractivity contribution >= 4 is 23.6 Å². The highest BCUT2D eigenvalue weighted by Crippen LogP contribution is 2.23. The maximum atomic E-state index is 5.14. The molecule has 4 heteroatoms. The molecule has 0 aliphatic rings. The molecule has 2 rings (SSSR count). The fourth-order valence-electron chi connectivity index (χ4n) is 1.43. The quantitative estimate of drug-likeness (QED) is 0.805. The fourth-order valence-corrected chi connectivity index (χ4v) is 2.50. The number of H-pyrrole nitrogens is 1. The van der Waals surface area contributed by atoms with Crippen molar-refractivity contribution in [3.8, 4) is 11.4 Å². The molecule has 0 saturated heterocycles. The zero-order valence-electron chi connectivity index (χ0n) is 8.70. The van der Waals surface area contributed by atoms with E-state index in [4.69, 9.17) is 12.2 Å². The maximum Gasteiger partial charge on any atom is 0.140 e. The highest BCUT2D eigenvalue weighted by molar-refractivity contribution is 7.71. The summed E-state index contributed by atoms with van der Waals surface area (Å²) in [6.45, 7) is 4.19. The zero-order chi connectivity index (χ0) is 10.8. The summed E-state index contributed by atoms with van der Waals surface area (Å²) in [4.78, 5) is 7.66. The Kier molecular flexibility index (Phi) is 2.98. The summed E-state index contributed by atoms with van der Waals surface area (Å²) >= 11 is 6.83. The minimum atomic E-state index is 0.659. The predicted octanol–water partition coefficient (Wildman–Crippen LogP) is 3.74. The van der Waals surface area contributed by atoms with Crippen LogP contribution in [0, 0.1) is 11.6 Å². The number of nitrogens with zero attached hydrogens (tertiary/aromatic N) is 1. The van der Waals surface area contributed by atoms with E-state index in [-0.39, 0.29) is 0 Å². The molecular formula is C11H12N2S2. The third-order valence-electron chi connectivity index (χ3n) is 2.29. The Morgan fingerprint density at radius 2 is 2.27 bits per heavy atom. The number of aromatic nitrogens is 2. The Hall–Kier alpha value is -1.00. The summed E-state index contributed by atoms with van der Waals surface area (Å²) in [6, 6.07) is 1.92. The second kappa shape index (κ2) is 4.24. The van der Waals surface area contributed by atoms with E-state index < -0.39 is 0 Å². The van der Waals surface area contributed by atoms with Crippen molar-refractivity contribution in [1.82, 2.24) is 9.97 Å². The number of hydrogen-bond acceptors (Lipinski definition) is 3. The van der Waals surface area contributed by atoms with Gasteiger partial charge in [-0.05, 0) is 30.4 Å². The molecule has 0 bridgehead atoms. The maximum absolute atomic E-state index is 5.14. The van der Waals surface area contributed by atoms with Crippen LogP contribution in [0.25, 0.3) is 11.4 Å². The third kappa shape index (κ3) is 2.16. The van der Waals surface area contributed by atoms with Crippen LogP contribution < -0.4 is 0 Å². The van der Waals surface area contributed by atoms with Crippen LogP contribution in [0.15, 0.2) is 16.8 Å². The molecule has 0 aliphatic carbocycles. The van der Waals surface area contributed by atoms with Crippen LogP contribution in [-0.4, -0.2) is 9.97 Å². The minimum absolute atomic E-state index is 0.659. The fraction of sp³-hybridized carbons (Fsp3) is 0.273. The Balaban J connectivity index is 2.58. The van der Waals surface area contributed by atoms with Crippen LogP contribution in [0.3, 0.4) is 0 Å². The Labute approximate surface area is 98.0 Å². The van der Waals surface area contributed by atoms with Gasteiger partial charge in [0.15, 0.2) is 0 Å². The van der Waals surface area contributed by atoms with Crippen LogP contribution in [0.1, 0.15) is 18.2 Å². The van der Waals surface area contributed by atoms with Crippen molar-refractivity contribution < 1.29 is 0 Å². The number of aryl methyl sites for hydroxylation is 2. The molecule has 2 aromatic heterocycles. The van der Waals surface area contributed by atoms with Crippen molar-refractivity contribution in [2.24, 2.45) is 0 Å². The van der Waals surface area contributed by atoms with E-state index in [1.54, 1.807) is 11.3 Å². The van der Waals surface area contributed by atoms with Gasteiger partial charge in [0, 0.05) is 16.6 Å². The Morgan fingerprint density at radius 3 is 2.87 bits per heavy atom. The summed E-state index contributed by atoms with van der Waals surface area (Å²) in [7, 11) is 0. The van der Waals surface area contributed by atoms with E-state index in [9.17, 15) is 0 Å². The van der Waals surface area contributed by atoms with Crippen LogP contribution in [-0.2, 0) is 6.42 Å². The number of rotatable bonds is 2. The molecule has 0 aromatic carbocycles. The Morgan fingerprint density at radius 1 is 1.47 bits per heavy atom. The lowest BCUT2D eigenvalue weighted by Gasteiger charge is -2.03. The second-order valence-electron chi connectivity index (χ2n) is 3.42. The summed E-state index contributed by atoms with van der Waals surface area (Å²) in [6.07, 6.45) is 0.947. The highest BCUT2D eigenvalue weighted by Gasteiger charge is 2.05. The summed E-state index contributed by atoms with van der Waals surface area (Å²) in [5.41, 5.74) is 3.53. The lowest BCUT2D eigenvalue weighted by molar-refractivity contribution is 0.998. The van der Waals surface area contributed by atoms with E-state index in [1.807, 2.05) is 6.07 Å². The van der Waals surface area contributed by atoms with Crippen molar-refractivity contribution in [2.75, 3.05) is 0 Å². The summed E-state index contributed by atoms with van der Waals surface area (Å²) in [5.74, 6) is 0.887. The Bertz CT molecular complexity index is 525. The summed E-state index contributed by atoms with van der Waals surface area (Å²) in [5, 5.41) is 4.22. The number of nitrogens with one attached hydrogen (secondary N) is 1. The monoisotopic (exact) mass is 236 g/mol. The molecule has 2 nitrogen and oxygen atoms in total. The normalized spacial score (nSPS) is 10.5. The molecule has 0 radical (unpaired) electrons. The molecule has 2 heterocycles. The molecule has 1 N–H and O–H groups in total. The number of hydrogen-bond donors (Lipinski definition) is 1. The average Bonchev–Trinajstić information content (AvgIpc) is 2.63. The van der Waals surface area contributed by atoms with Gasteiger partial charge in [0.05, 0.1) is 0 Å². The average molecular weight is 236 g/mol. The van der Waals surface area contributed by atoms with Gasteiger partial charge < -0.3 is 4.98 Å². The number of thiophene rings is 1. The lowest BCUT2D eigenvalue weighted by atomic mass is 10.2. The molecule has 2 aromatic rings. The molecular weight excluding hydrogens is 224 g/mol. The smallest absolute Gasteiger partial charge is 0.140 e. The largest absolute Gasteiger partial charge is 0.343 e. The van der Waals surface area contributed by atoms with Gasteiger partial charge in [-0.3, -0.25) is 0 Å². The molecule has 0 fully saturated rings. The molecule has 0 saturated carbocycles. The van der Waals surface area contributed by atoms with E-state index in [0.717, 1.165) is 23.5 Å². The molecule has 0 aliphatic heterocycles. The molecule has 0 atom stereocenters. The third-order valence-corrected chi connectivity index (χ3v) is 3.36. The van der Waals surface area contributed by atoms with E-state index >= 15 is 0 Å². The summed E-state index contributed by atoms with van der Waals surface area (Å²) < 4.78 is 0.659. The van der Waals surface area contributed by atoms with Crippen molar-refractivity contribution in [1.29, 1.82) is 0 Å². The van der Waals surface area contributed by atoms with Crippen molar-refractivity contribution in [3.63, 3.8) is 0 Å². The van der Waals surface area contributed by atoms with Crippen molar-refractivity contribution in [3.05, 3.63) is 32.7 Å². The van der Waals surface area contributed by atoms with Crippen LogP contribution in [0.4, 0.5) is 0 Å². The minimum Gasteiger partial charge on any atom is -0.343 e. The molecule has 15 heavy (non-hydrogen) atoms. The first-order valence-electron chi connectivity index (χ1n) is 4.84. The van der Waals surface area contributed by atoms with Gasteiger partial charge in [-0.15, -0.1) is 0 Å². The lowest BCUT2D eigenvalue weighted by Crippen LogP contribution is -1.94. The van der Waals surface area contributed by atoms with E-state index in [0.29, 0.717) is 4.64 Å². The molecule has 0 amide bonds. The first kappa shape index (κ1) is 10.5. The van der Waals surface area contributed by atoms with Crippen LogP contribution in [0.2, 0.25) is 0 Å². The van der Waals surface area contributed by atoms with Gasteiger partial charge in [0.25, 0.3) is 0 Å². The van der Waals surface area contributed by atoms with Crippen LogP contribution >= 0.6 is 23.6 Å². The molecule has 78 valence electrons. The van der Waals surface area contributed by atoms with Crippen molar-refractivity contribution in [2.45, 2.75) is 20.3 Å². The second-order valence-corrected chi connectivity index (χ2v) is 4.58. The van der Waals surface area contributed by atoms with Crippen LogP contribution in [0.5, 0.6) is 0 Å². The van der Waals surface area contributed by atoms with E-state index in [1.165, 1.54) is 5.56 Å². The SMILES string of the molecule is CCc1cc(=S)nc(-c2cscc2C)[nH]1. The van der Waals surface area contributed by atoms with Gasteiger partial charge in [0.1, 0.15) is 10.5 Å².